The summed E-state index contributed by atoms with van der Waals surface area (Å²) < 4.78 is 16.8. The zero-order valence-corrected chi connectivity index (χ0v) is 41.5. The van der Waals surface area contributed by atoms with E-state index in [4.69, 9.17) is 14.2 Å². The van der Waals surface area contributed by atoms with Crippen LogP contribution in [0.1, 0.15) is 316 Å². The lowest BCUT2D eigenvalue weighted by Crippen LogP contribution is -2.30. The van der Waals surface area contributed by atoms with Gasteiger partial charge in [-0.05, 0) is 19.3 Å². The highest BCUT2D eigenvalue weighted by atomic mass is 16.6. The van der Waals surface area contributed by atoms with E-state index in [-0.39, 0.29) is 31.1 Å². The van der Waals surface area contributed by atoms with Gasteiger partial charge in [-0.1, -0.05) is 278 Å². The number of esters is 3. The van der Waals surface area contributed by atoms with Crippen LogP contribution in [0, 0.1) is 0 Å². The van der Waals surface area contributed by atoms with Gasteiger partial charge in [-0.15, -0.1) is 0 Å². The van der Waals surface area contributed by atoms with Crippen molar-refractivity contribution >= 4 is 17.9 Å². The number of ether oxygens (including phenoxy) is 3. The molecule has 6 nitrogen and oxygen atoms in total. The molecule has 0 saturated carbocycles. The number of unbranched alkanes of at least 4 members (excludes halogenated alkanes) is 40. The van der Waals surface area contributed by atoms with Crippen molar-refractivity contribution in [2.24, 2.45) is 0 Å². The lowest BCUT2D eigenvalue weighted by atomic mass is 10.0. The van der Waals surface area contributed by atoms with Crippen LogP contribution in [0.5, 0.6) is 0 Å². The fraction of sp³-hybridized carbons (Fsp3) is 0.945. The lowest BCUT2D eigenvalue weighted by molar-refractivity contribution is -0.167. The van der Waals surface area contributed by atoms with Crippen molar-refractivity contribution in [3.05, 3.63) is 0 Å². The Labute approximate surface area is 380 Å². The lowest BCUT2D eigenvalue weighted by Gasteiger charge is -2.18. The van der Waals surface area contributed by atoms with E-state index in [2.05, 4.69) is 20.8 Å². The molecule has 0 unspecified atom stereocenters. The highest BCUT2D eigenvalue weighted by molar-refractivity contribution is 5.71. The van der Waals surface area contributed by atoms with Crippen molar-refractivity contribution < 1.29 is 28.6 Å². The van der Waals surface area contributed by atoms with E-state index >= 15 is 0 Å². The fourth-order valence-corrected chi connectivity index (χ4v) is 8.45. The Kier molecular flexibility index (Phi) is 49.7. The molecular formula is C55H106O6. The maximum Gasteiger partial charge on any atom is 0.306 e. The Balaban J connectivity index is 4.24. The molecule has 0 aliphatic rings. The van der Waals surface area contributed by atoms with Crippen molar-refractivity contribution in [1.82, 2.24) is 0 Å². The molecule has 0 aliphatic carbocycles. The molecule has 0 aliphatic heterocycles. The van der Waals surface area contributed by atoms with Gasteiger partial charge in [0.2, 0.25) is 0 Å². The van der Waals surface area contributed by atoms with Gasteiger partial charge in [0.1, 0.15) is 13.2 Å². The maximum atomic E-state index is 12.8. The van der Waals surface area contributed by atoms with E-state index in [1.807, 2.05) is 0 Å². The monoisotopic (exact) mass is 863 g/mol. The van der Waals surface area contributed by atoms with E-state index in [9.17, 15) is 14.4 Å². The van der Waals surface area contributed by atoms with E-state index in [1.165, 1.54) is 218 Å². The van der Waals surface area contributed by atoms with Crippen LogP contribution in [-0.2, 0) is 28.6 Å². The topological polar surface area (TPSA) is 78.9 Å². The predicted octanol–water partition coefficient (Wildman–Crippen LogP) is 18.0. The minimum absolute atomic E-state index is 0.0615. The third kappa shape index (κ3) is 49.3. The van der Waals surface area contributed by atoms with Crippen LogP contribution in [0.15, 0.2) is 0 Å². The molecule has 0 saturated heterocycles. The van der Waals surface area contributed by atoms with Gasteiger partial charge in [0.15, 0.2) is 6.10 Å². The van der Waals surface area contributed by atoms with Crippen LogP contribution in [0.2, 0.25) is 0 Å². The molecule has 0 bridgehead atoms. The molecule has 0 spiro atoms. The summed E-state index contributed by atoms with van der Waals surface area (Å²) in [6.45, 7) is 6.68. The smallest absolute Gasteiger partial charge is 0.306 e. The molecule has 0 heterocycles. The highest BCUT2D eigenvalue weighted by Gasteiger charge is 2.19. The van der Waals surface area contributed by atoms with E-state index < -0.39 is 6.10 Å². The molecule has 0 radical (unpaired) electrons. The van der Waals surface area contributed by atoms with Crippen molar-refractivity contribution in [2.45, 2.75) is 322 Å². The fourth-order valence-electron chi connectivity index (χ4n) is 8.45. The van der Waals surface area contributed by atoms with Crippen LogP contribution >= 0.6 is 0 Å². The standard InChI is InChI=1S/C55H106O6/c1-4-7-10-13-16-19-22-24-26-27-28-30-31-33-36-39-42-45-48-54(57)60-51-52(50-59-53(56)47-44-41-38-35-21-18-15-12-9-6-3)61-55(58)49-46-43-40-37-34-32-29-25-23-20-17-14-11-8-5-2/h52H,4-51H2,1-3H3/t52-/m1/s1. The minimum Gasteiger partial charge on any atom is -0.462 e. The largest absolute Gasteiger partial charge is 0.462 e. The van der Waals surface area contributed by atoms with Gasteiger partial charge in [0, 0.05) is 19.3 Å². The van der Waals surface area contributed by atoms with Crippen LogP contribution in [0.4, 0.5) is 0 Å². The van der Waals surface area contributed by atoms with Gasteiger partial charge in [-0.3, -0.25) is 14.4 Å². The molecule has 0 amide bonds. The van der Waals surface area contributed by atoms with Crippen molar-refractivity contribution in [1.29, 1.82) is 0 Å². The Morgan fingerprint density at radius 3 is 0.656 bits per heavy atom. The van der Waals surface area contributed by atoms with Gasteiger partial charge in [0.05, 0.1) is 0 Å². The Bertz CT molecular complexity index is 905. The van der Waals surface area contributed by atoms with Gasteiger partial charge >= 0.3 is 17.9 Å². The molecular weight excluding hydrogens is 757 g/mol. The molecule has 1 atom stereocenters. The second kappa shape index (κ2) is 51.0. The SMILES string of the molecule is CCCCCCCCCCCCCCCCCCCCC(=O)OC[C@@H](COC(=O)CCCCCCCCCCCC)OC(=O)CCCCCCCCCCCCCCCCC. The maximum absolute atomic E-state index is 12.8. The summed E-state index contributed by atoms with van der Waals surface area (Å²) in [7, 11) is 0. The van der Waals surface area contributed by atoms with Crippen molar-refractivity contribution in [2.75, 3.05) is 13.2 Å². The van der Waals surface area contributed by atoms with E-state index in [1.54, 1.807) is 0 Å². The Hall–Kier alpha value is -1.59. The third-order valence-electron chi connectivity index (χ3n) is 12.6. The Morgan fingerprint density at radius 2 is 0.443 bits per heavy atom. The molecule has 362 valence electrons. The molecule has 0 fully saturated rings. The molecule has 0 aromatic carbocycles. The van der Waals surface area contributed by atoms with Gasteiger partial charge < -0.3 is 14.2 Å². The molecule has 61 heavy (non-hydrogen) atoms. The summed E-state index contributed by atoms with van der Waals surface area (Å²) in [5.41, 5.74) is 0. The summed E-state index contributed by atoms with van der Waals surface area (Å²) in [5, 5.41) is 0. The Morgan fingerprint density at radius 1 is 0.262 bits per heavy atom. The summed E-state index contributed by atoms with van der Waals surface area (Å²) >= 11 is 0. The molecule has 0 rings (SSSR count). The first kappa shape index (κ1) is 59.4. The van der Waals surface area contributed by atoms with Gasteiger partial charge in [-0.2, -0.15) is 0 Å². The number of rotatable bonds is 51. The number of hydrogen-bond donors (Lipinski definition) is 0. The zero-order valence-electron chi connectivity index (χ0n) is 41.5. The zero-order chi connectivity index (χ0) is 44.4. The summed E-state index contributed by atoms with van der Waals surface area (Å²) in [6.07, 6.45) is 55.2. The average molecular weight is 863 g/mol. The first-order valence-electron chi connectivity index (χ1n) is 27.5. The first-order chi connectivity index (χ1) is 30.0. The summed E-state index contributed by atoms with van der Waals surface area (Å²) in [4.78, 5) is 38.0. The van der Waals surface area contributed by atoms with Gasteiger partial charge in [-0.25, -0.2) is 0 Å². The van der Waals surface area contributed by atoms with Crippen LogP contribution in [0.3, 0.4) is 0 Å². The second-order valence-electron chi connectivity index (χ2n) is 18.9. The van der Waals surface area contributed by atoms with Crippen molar-refractivity contribution in [3.63, 3.8) is 0 Å². The van der Waals surface area contributed by atoms with E-state index in [0.717, 1.165) is 57.8 Å². The second-order valence-corrected chi connectivity index (χ2v) is 18.9. The molecule has 0 aromatic heterocycles. The number of hydrogen-bond acceptors (Lipinski definition) is 6. The molecule has 0 N–H and O–H groups in total. The minimum atomic E-state index is -0.759. The summed E-state index contributed by atoms with van der Waals surface area (Å²) in [5.74, 6) is -0.838. The normalized spacial score (nSPS) is 11.9. The number of carbonyl (C=O) groups excluding carboxylic acids is 3. The molecule has 0 aromatic rings. The van der Waals surface area contributed by atoms with Crippen LogP contribution < -0.4 is 0 Å². The molecule has 6 heteroatoms. The quantitative estimate of drug-likeness (QED) is 0.0344. The third-order valence-corrected chi connectivity index (χ3v) is 12.6. The number of carbonyl (C=O) groups is 3. The van der Waals surface area contributed by atoms with Crippen LogP contribution in [-0.4, -0.2) is 37.2 Å². The highest BCUT2D eigenvalue weighted by Crippen LogP contribution is 2.17. The predicted molar refractivity (Wildman–Crippen MR) is 261 cm³/mol. The van der Waals surface area contributed by atoms with E-state index in [0.29, 0.717) is 19.3 Å². The van der Waals surface area contributed by atoms with Gasteiger partial charge in [0.25, 0.3) is 0 Å². The average Bonchev–Trinajstić information content (AvgIpc) is 3.26. The van der Waals surface area contributed by atoms with Crippen LogP contribution in [0.25, 0.3) is 0 Å². The summed E-state index contributed by atoms with van der Waals surface area (Å²) in [6, 6.07) is 0. The first-order valence-corrected chi connectivity index (χ1v) is 27.5. The van der Waals surface area contributed by atoms with Crippen molar-refractivity contribution in [3.8, 4) is 0 Å².